The van der Waals surface area contributed by atoms with Crippen LogP contribution in [0.15, 0.2) is 30.6 Å². The quantitative estimate of drug-likeness (QED) is 0.493. The molecule has 0 spiro atoms. The maximum absolute atomic E-state index is 11.8. The molecule has 1 aliphatic carbocycles. The Kier molecular flexibility index (Phi) is 9.99. The van der Waals surface area contributed by atoms with Gasteiger partial charge in [-0.1, -0.05) is 6.07 Å². The lowest BCUT2D eigenvalue weighted by Gasteiger charge is -2.28. The molecule has 1 fully saturated rings. The highest BCUT2D eigenvalue weighted by Gasteiger charge is 2.39. The molecule has 3 heterocycles. The van der Waals surface area contributed by atoms with E-state index in [9.17, 15) is 31.1 Å². The normalized spacial score (nSPS) is 15.3. The van der Waals surface area contributed by atoms with Crippen molar-refractivity contribution < 1.29 is 50.9 Å². The van der Waals surface area contributed by atoms with E-state index in [0.29, 0.717) is 6.54 Å². The maximum Gasteiger partial charge on any atom is 0.490 e. The van der Waals surface area contributed by atoms with Gasteiger partial charge in [0.1, 0.15) is 5.82 Å². The van der Waals surface area contributed by atoms with E-state index in [1.54, 1.807) is 0 Å². The molecular weight excluding hydrogens is 516 g/mol. The molecule has 0 aromatic carbocycles. The van der Waals surface area contributed by atoms with Crippen molar-refractivity contribution in [2.24, 2.45) is 5.92 Å². The van der Waals surface area contributed by atoms with E-state index in [-0.39, 0.29) is 11.8 Å². The Bertz CT molecular complexity index is 1050. The summed E-state index contributed by atoms with van der Waals surface area (Å²) in [7, 11) is 0. The molecule has 0 radical (unpaired) electrons. The molecule has 3 N–H and O–H groups in total. The first-order valence-electron chi connectivity index (χ1n) is 10.7. The molecular formula is C21H23F6N5O5. The van der Waals surface area contributed by atoms with Gasteiger partial charge in [0.2, 0.25) is 5.91 Å². The number of carbonyl (C=O) groups is 3. The number of carbonyl (C=O) groups excluding carboxylic acids is 1. The van der Waals surface area contributed by atoms with Crippen molar-refractivity contribution in [3.8, 4) is 0 Å². The van der Waals surface area contributed by atoms with Crippen molar-refractivity contribution in [2.45, 2.75) is 51.4 Å². The van der Waals surface area contributed by atoms with Crippen LogP contribution in [0.25, 0.3) is 0 Å². The fraction of sp³-hybridized carbons (Fsp3) is 0.476. The summed E-state index contributed by atoms with van der Waals surface area (Å²) >= 11 is 0. The van der Waals surface area contributed by atoms with Crippen LogP contribution in [0, 0.1) is 5.92 Å². The molecule has 204 valence electrons. The van der Waals surface area contributed by atoms with E-state index in [1.807, 2.05) is 24.5 Å². The number of alkyl halides is 6. The van der Waals surface area contributed by atoms with Crippen molar-refractivity contribution in [1.82, 2.24) is 24.8 Å². The van der Waals surface area contributed by atoms with Gasteiger partial charge < -0.3 is 20.1 Å². The summed E-state index contributed by atoms with van der Waals surface area (Å²) in [5, 5.41) is 17.3. The highest BCUT2D eigenvalue weighted by molar-refractivity contribution is 5.80. The summed E-state index contributed by atoms with van der Waals surface area (Å²) in [6, 6.07) is 6.02. The minimum absolute atomic E-state index is 0.188. The Labute approximate surface area is 205 Å². The standard InChI is InChI=1S/C17H21N5O.2C2HF3O2/c23-17(13-4-5-13)20-10-15-9-19-16-12-21(7-8-22(15)16)11-14-3-1-2-6-18-14;2*3-2(4,5)1(6)7/h1-3,6,9,13H,4-5,7-8,10-12H2,(H,20,23);2*(H,6,7). The van der Waals surface area contributed by atoms with Gasteiger partial charge in [-0.25, -0.2) is 14.6 Å². The molecule has 1 amide bonds. The highest BCUT2D eigenvalue weighted by Crippen LogP contribution is 2.28. The summed E-state index contributed by atoms with van der Waals surface area (Å²) in [6.45, 7) is 4.15. The number of hydrogen-bond acceptors (Lipinski definition) is 6. The second kappa shape index (κ2) is 12.5. The van der Waals surface area contributed by atoms with Gasteiger partial charge in [0.25, 0.3) is 0 Å². The SMILES string of the molecule is O=C(NCc1cnc2n1CCN(Cc1ccccn1)C2)C1CC1.O=C(O)C(F)(F)F.O=C(O)C(F)(F)F. The summed E-state index contributed by atoms with van der Waals surface area (Å²) in [5.41, 5.74) is 2.19. The number of amides is 1. The predicted octanol–water partition coefficient (Wildman–Crippen LogP) is 2.59. The van der Waals surface area contributed by atoms with Crippen molar-refractivity contribution in [3.63, 3.8) is 0 Å². The van der Waals surface area contributed by atoms with E-state index in [0.717, 1.165) is 56.2 Å². The lowest BCUT2D eigenvalue weighted by Crippen LogP contribution is -2.35. The van der Waals surface area contributed by atoms with Gasteiger partial charge in [0.05, 0.1) is 30.7 Å². The largest absolute Gasteiger partial charge is 0.490 e. The van der Waals surface area contributed by atoms with Gasteiger partial charge in [-0.05, 0) is 25.0 Å². The van der Waals surface area contributed by atoms with Crippen LogP contribution < -0.4 is 5.32 Å². The highest BCUT2D eigenvalue weighted by atomic mass is 19.4. The number of nitrogens with zero attached hydrogens (tertiary/aromatic N) is 4. The molecule has 37 heavy (non-hydrogen) atoms. The summed E-state index contributed by atoms with van der Waals surface area (Å²) in [6.07, 6.45) is -4.36. The third-order valence-electron chi connectivity index (χ3n) is 5.01. The van der Waals surface area contributed by atoms with Gasteiger partial charge in [0.15, 0.2) is 0 Å². The van der Waals surface area contributed by atoms with Crippen LogP contribution >= 0.6 is 0 Å². The number of carboxylic acid groups (broad SMARTS) is 2. The average Bonchev–Trinajstić information content (AvgIpc) is 3.59. The van der Waals surface area contributed by atoms with Gasteiger partial charge in [0, 0.05) is 31.7 Å². The molecule has 1 aliphatic heterocycles. The predicted molar refractivity (Wildman–Crippen MR) is 113 cm³/mol. The van der Waals surface area contributed by atoms with Crippen LogP contribution in [-0.4, -0.2) is 66.4 Å². The third-order valence-corrected chi connectivity index (χ3v) is 5.01. The van der Waals surface area contributed by atoms with Crippen LogP contribution in [0.4, 0.5) is 26.3 Å². The van der Waals surface area contributed by atoms with Crippen LogP contribution in [0.1, 0.15) is 30.1 Å². The number of pyridine rings is 1. The molecule has 2 aliphatic rings. The Balaban J connectivity index is 0.000000286. The van der Waals surface area contributed by atoms with Crippen LogP contribution in [0.2, 0.25) is 0 Å². The van der Waals surface area contributed by atoms with Gasteiger partial charge >= 0.3 is 24.3 Å². The Hall–Kier alpha value is -3.69. The zero-order chi connectivity index (χ0) is 27.8. The molecule has 10 nitrogen and oxygen atoms in total. The molecule has 0 unspecified atom stereocenters. The number of aromatic nitrogens is 3. The second-order valence-electron chi connectivity index (χ2n) is 7.95. The first-order chi connectivity index (χ1) is 17.2. The van der Waals surface area contributed by atoms with Crippen molar-refractivity contribution in [2.75, 3.05) is 6.54 Å². The van der Waals surface area contributed by atoms with Gasteiger partial charge in [-0.2, -0.15) is 26.3 Å². The second-order valence-corrected chi connectivity index (χ2v) is 7.95. The Morgan fingerprint density at radius 2 is 1.57 bits per heavy atom. The molecule has 1 saturated carbocycles. The summed E-state index contributed by atoms with van der Waals surface area (Å²) in [5.74, 6) is -4.00. The number of halogens is 6. The fourth-order valence-electron chi connectivity index (χ4n) is 3.04. The number of nitrogens with one attached hydrogen (secondary N) is 1. The average molecular weight is 539 g/mol. The summed E-state index contributed by atoms with van der Waals surface area (Å²) < 4.78 is 65.7. The number of imidazole rings is 1. The topological polar surface area (TPSA) is 138 Å². The molecule has 2 aromatic heterocycles. The van der Waals surface area contributed by atoms with Gasteiger partial charge in [-0.15, -0.1) is 0 Å². The van der Waals surface area contributed by atoms with Crippen LogP contribution in [0.5, 0.6) is 0 Å². The van der Waals surface area contributed by atoms with E-state index < -0.39 is 24.3 Å². The van der Waals surface area contributed by atoms with Crippen LogP contribution in [-0.2, 0) is 40.6 Å². The van der Waals surface area contributed by atoms with E-state index in [1.165, 1.54) is 0 Å². The first-order valence-corrected chi connectivity index (χ1v) is 10.7. The zero-order valence-electron chi connectivity index (χ0n) is 19.1. The molecule has 4 rings (SSSR count). The molecule has 16 heteroatoms. The van der Waals surface area contributed by atoms with E-state index in [4.69, 9.17) is 19.8 Å². The monoisotopic (exact) mass is 539 g/mol. The van der Waals surface area contributed by atoms with Crippen molar-refractivity contribution >= 4 is 17.8 Å². The van der Waals surface area contributed by atoms with Gasteiger partial charge in [-0.3, -0.25) is 14.7 Å². The number of carboxylic acids is 2. The van der Waals surface area contributed by atoms with Crippen LogP contribution in [0.3, 0.4) is 0 Å². The Morgan fingerprint density at radius 3 is 2.05 bits per heavy atom. The fourth-order valence-corrected chi connectivity index (χ4v) is 3.04. The van der Waals surface area contributed by atoms with Crippen molar-refractivity contribution in [3.05, 3.63) is 47.8 Å². The minimum Gasteiger partial charge on any atom is -0.475 e. The summed E-state index contributed by atoms with van der Waals surface area (Å²) in [4.78, 5) is 40.8. The minimum atomic E-state index is -5.08. The molecule has 0 atom stereocenters. The number of fused-ring (bicyclic) bond motifs is 1. The molecule has 0 saturated heterocycles. The first kappa shape index (κ1) is 29.5. The smallest absolute Gasteiger partial charge is 0.475 e. The van der Waals surface area contributed by atoms with E-state index in [2.05, 4.69) is 30.8 Å². The zero-order valence-corrected chi connectivity index (χ0v) is 19.1. The molecule has 2 aromatic rings. The van der Waals surface area contributed by atoms with Crippen molar-refractivity contribution in [1.29, 1.82) is 0 Å². The third kappa shape index (κ3) is 10.1. The number of rotatable bonds is 5. The van der Waals surface area contributed by atoms with E-state index >= 15 is 0 Å². The number of aliphatic carboxylic acids is 2. The number of hydrogen-bond donors (Lipinski definition) is 3. The lowest BCUT2D eigenvalue weighted by molar-refractivity contribution is -0.193. The maximum atomic E-state index is 11.8. The Morgan fingerprint density at radius 1 is 0.973 bits per heavy atom. The lowest BCUT2D eigenvalue weighted by atomic mass is 10.3. The molecule has 0 bridgehead atoms.